The van der Waals surface area contributed by atoms with Gasteiger partial charge in [-0.25, -0.2) is 0 Å². The Labute approximate surface area is 172 Å². The van der Waals surface area contributed by atoms with Gasteiger partial charge in [0.1, 0.15) is 18.0 Å². The lowest BCUT2D eigenvalue weighted by Crippen LogP contribution is -2.23. The van der Waals surface area contributed by atoms with Crippen LogP contribution in [0.3, 0.4) is 0 Å². The Hall–Kier alpha value is -3.13. The molecule has 0 bridgehead atoms. The number of hydrogen-bond donors (Lipinski definition) is 0. The summed E-state index contributed by atoms with van der Waals surface area (Å²) in [7, 11) is 3.02. The lowest BCUT2D eigenvalue weighted by atomic mass is 10.2. The average Bonchev–Trinajstić information content (AvgIpc) is 3.03. The molecule has 1 aromatic heterocycles. The quantitative estimate of drug-likeness (QED) is 0.578. The first-order chi connectivity index (χ1) is 14.0. The Balaban J connectivity index is 2.11. The minimum absolute atomic E-state index is 0.0250. The van der Waals surface area contributed by atoms with Gasteiger partial charge in [0.05, 0.1) is 36.6 Å². The molecule has 1 heterocycles. The number of thiazole rings is 1. The van der Waals surface area contributed by atoms with Gasteiger partial charge in [0.2, 0.25) is 0 Å². The third-order valence-electron chi connectivity index (χ3n) is 4.27. The number of amides is 1. The van der Waals surface area contributed by atoms with Crippen molar-refractivity contribution in [2.24, 2.45) is 4.99 Å². The van der Waals surface area contributed by atoms with Gasteiger partial charge >= 0.3 is 5.97 Å². The number of aromatic nitrogens is 1. The summed E-state index contributed by atoms with van der Waals surface area (Å²) in [5.74, 6) is 0.0919. The number of aryl methyl sites for hydroxylation is 1. The van der Waals surface area contributed by atoms with Crippen LogP contribution in [0.15, 0.2) is 41.4 Å². The second kappa shape index (κ2) is 8.91. The van der Waals surface area contributed by atoms with Gasteiger partial charge in [0, 0.05) is 6.07 Å². The normalized spacial score (nSPS) is 11.5. The van der Waals surface area contributed by atoms with Crippen molar-refractivity contribution in [3.05, 3.63) is 52.3 Å². The molecule has 8 heteroatoms. The first-order valence-corrected chi connectivity index (χ1v) is 9.85. The molecule has 0 atom stereocenters. The summed E-state index contributed by atoms with van der Waals surface area (Å²) in [6.07, 6.45) is 0. The fourth-order valence-electron chi connectivity index (χ4n) is 2.88. The molecule has 0 spiro atoms. The Kier molecular flexibility index (Phi) is 6.33. The first-order valence-electron chi connectivity index (χ1n) is 9.03. The highest BCUT2D eigenvalue weighted by molar-refractivity contribution is 7.16. The summed E-state index contributed by atoms with van der Waals surface area (Å²) >= 11 is 1.34. The molecule has 0 N–H and O–H groups in total. The van der Waals surface area contributed by atoms with Crippen LogP contribution in [0.4, 0.5) is 0 Å². The average molecular weight is 414 g/mol. The zero-order valence-electron chi connectivity index (χ0n) is 16.7. The number of carbonyl (C=O) groups is 2. The molecule has 0 radical (unpaired) electrons. The summed E-state index contributed by atoms with van der Waals surface area (Å²) in [5.41, 5.74) is 2.21. The minimum Gasteiger partial charge on any atom is -0.497 e. The molecule has 3 rings (SSSR count). The van der Waals surface area contributed by atoms with E-state index in [0.717, 1.165) is 15.8 Å². The lowest BCUT2D eigenvalue weighted by Gasteiger charge is -2.08. The number of fused-ring (bicyclic) bond motifs is 1. The van der Waals surface area contributed by atoms with E-state index in [-0.39, 0.29) is 19.1 Å². The fraction of sp³-hybridized carbons (Fsp3) is 0.286. The Morgan fingerprint density at radius 2 is 1.90 bits per heavy atom. The topological polar surface area (TPSA) is 79.1 Å². The van der Waals surface area contributed by atoms with E-state index < -0.39 is 5.91 Å². The smallest absolute Gasteiger partial charge is 0.326 e. The lowest BCUT2D eigenvalue weighted by molar-refractivity contribution is -0.143. The van der Waals surface area contributed by atoms with Crippen LogP contribution >= 0.6 is 11.3 Å². The third kappa shape index (κ3) is 4.48. The van der Waals surface area contributed by atoms with Crippen LogP contribution in [-0.2, 0) is 16.1 Å². The van der Waals surface area contributed by atoms with Crippen molar-refractivity contribution in [3.8, 4) is 11.5 Å². The van der Waals surface area contributed by atoms with Crippen molar-refractivity contribution in [2.75, 3.05) is 20.8 Å². The van der Waals surface area contributed by atoms with E-state index in [2.05, 4.69) is 4.99 Å². The number of hydrogen-bond acceptors (Lipinski definition) is 6. The highest BCUT2D eigenvalue weighted by Crippen LogP contribution is 2.25. The molecule has 0 saturated heterocycles. The number of methoxy groups -OCH3 is 2. The molecule has 29 heavy (non-hydrogen) atoms. The van der Waals surface area contributed by atoms with E-state index in [1.807, 2.05) is 25.1 Å². The molecule has 1 amide bonds. The number of benzene rings is 2. The van der Waals surface area contributed by atoms with E-state index in [1.54, 1.807) is 29.7 Å². The number of carbonyl (C=O) groups excluding carboxylic acids is 2. The van der Waals surface area contributed by atoms with E-state index in [0.29, 0.717) is 21.9 Å². The van der Waals surface area contributed by atoms with E-state index in [1.165, 1.54) is 25.6 Å². The van der Waals surface area contributed by atoms with E-state index in [9.17, 15) is 9.59 Å². The Morgan fingerprint density at radius 1 is 1.10 bits per heavy atom. The van der Waals surface area contributed by atoms with Crippen LogP contribution < -0.4 is 14.3 Å². The maximum Gasteiger partial charge on any atom is 0.326 e. The van der Waals surface area contributed by atoms with Crippen molar-refractivity contribution >= 4 is 33.4 Å². The van der Waals surface area contributed by atoms with Gasteiger partial charge < -0.3 is 18.8 Å². The second-order valence-electron chi connectivity index (χ2n) is 6.23. The Morgan fingerprint density at radius 3 is 2.59 bits per heavy atom. The van der Waals surface area contributed by atoms with Crippen LogP contribution in [0.5, 0.6) is 11.5 Å². The molecule has 0 saturated carbocycles. The van der Waals surface area contributed by atoms with Crippen molar-refractivity contribution in [2.45, 2.75) is 20.4 Å². The predicted octanol–water partition coefficient (Wildman–Crippen LogP) is 3.33. The molecule has 0 fully saturated rings. The summed E-state index contributed by atoms with van der Waals surface area (Å²) in [6.45, 7) is 4.00. The van der Waals surface area contributed by atoms with Crippen LogP contribution in [0.1, 0.15) is 22.8 Å². The van der Waals surface area contributed by atoms with Crippen molar-refractivity contribution < 1.29 is 23.8 Å². The van der Waals surface area contributed by atoms with Crippen molar-refractivity contribution in [1.82, 2.24) is 4.57 Å². The molecule has 7 nitrogen and oxygen atoms in total. The molecule has 0 aliphatic carbocycles. The summed E-state index contributed by atoms with van der Waals surface area (Å²) in [5, 5.41) is 0. The molecule has 0 unspecified atom stereocenters. The first kappa shape index (κ1) is 20.6. The molecule has 0 aliphatic rings. The summed E-state index contributed by atoms with van der Waals surface area (Å²) in [4.78, 5) is 29.7. The van der Waals surface area contributed by atoms with Gasteiger partial charge in [0.25, 0.3) is 5.91 Å². The summed E-state index contributed by atoms with van der Waals surface area (Å²) in [6, 6.07) is 10.8. The monoisotopic (exact) mass is 414 g/mol. The molecular formula is C21H22N2O5S. The zero-order chi connectivity index (χ0) is 21.0. The standard InChI is InChI=1S/C21H22N2O5S/c1-5-28-19(24)12-23-16-9-6-13(2)10-18(16)29-21(23)22-20(25)15-8-7-14(26-3)11-17(15)27-4/h6-11H,5,12H2,1-4H3. The van der Waals surface area contributed by atoms with Crippen molar-refractivity contribution in [3.63, 3.8) is 0 Å². The summed E-state index contributed by atoms with van der Waals surface area (Å²) < 4.78 is 18.2. The van der Waals surface area contributed by atoms with Crippen LogP contribution in [0.2, 0.25) is 0 Å². The van der Waals surface area contributed by atoms with Crippen LogP contribution in [-0.4, -0.2) is 37.3 Å². The molecular weight excluding hydrogens is 392 g/mol. The van der Waals surface area contributed by atoms with Crippen LogP contribution in [0.25, 0.3) is 10.2 Å². The fourth-order valence-corrected chi connectivity index (χ4v) is 4.00. The molecule has 152 valence electrons. The molecule has 0 aliphatic heterocycles. The van der Waals surface area contributed by atoms with Gasteiger partial charge in [0.15, 0.2) is 4.80 Å². The number of rotatable bonds is 6. The number of esters is 1. The van der Waals surface area contributed by atoms with Gasteiger partial charge in [-0.15, -0.1) is 0 Å². The van der Waals surface area contributed by atoms with Gasteiger partial charge in [-0.2, -0.15) is 4.99 Å². The SMILES string of the molecule is CCOC(=O)Cn1c(=NC(=O)c2ccc(OC)cc2OC)sc2cc(C)ccc21. The maximum atomic E-state index is 12.9. The van der Waals surface area contributed by atoms with Gasteiger partial charge in [-0.1, -0.05) is 17.4 Å². The van der Waals surface area contributed by atoms with E-state index in [4.69, 9.17) is 14.2 Å². The van der Waals surface area contributed by atoms with Gasteiger partial charge in [-0.3, -0.25) is 9.59 Å². The second-order valence-corrected chi connectivity index (χ2v) is 7.24. The van der Waals surface area contributed by atoms with Crippen LogP contribution in [0, 0.1) is 6.92 Å². The molecule has 3 aromatic rings. The predicted molar refractivity (Wildman–Crippen MR) is 111 cm³/mol. The number of nitrogens with zero attached hydrogens (tertiary/aromatic N) is 2. The minimum atomic E-state index is -0.467. The Bertz CT molecular complexity index is 1130. The zero-order valence-corrected chi connectivity index (χ0v) is 17.5. The van der Waals surface area contributed by atoms with E-state index >= 15 is 0 Å². The third-order valence-corrected chi connectivity index (χ3v) is 5.31. The number of ether oxygens (including phenoxy) is 3. The molecule has 2 aromatic carbocycles. The van der Waals surface area contributed by atoms with Crippen molar-refractivity contribution in [1.29, 1.82) is 0 Å². The largest absolute Gasteiger partial charge is 0.497 e. The van der Waals surface area contributed by atoms with Gasteiger partial charge in [-0.05, 0) is 43.7 Å². The highest BCUT2D eigenvalue weighted by atomic mass is 32.1. The highest BCUT2D eigenvalue weighted by Gasteiger charge is 2.16. The maximum absolute atomic E-state index is 12.9.